The molecule has 0 radical (unpaired) electrons. The molecule has 4 nitrogen and oxygen atoms in total. The van der Waals surface area contributed by atoms with Gasteiger partial charge in [-0.1, -0.05) is 6.07 Å². The van der Waals surface area contributed by atoms with E-state index in [4.69, 9.17) is 4.74 Å². The molecule has 0 aliphatic rings. The van der Waals surface area contributed by atoms with E-state index in [9.17, 15) is 4.79 Å². The third-order valence-electron chi connectivity index (χ3n) is 2.11. The van der Waals surface area contributed by atoms with Gasteiger partial charge in [0.2, 0.25) is 5.91 Å². The maximum absolute atomic E-state index is 11.4. The molecule has 1 rings (SSSR count). The summed E-state index contributed by atoms with van der Waals surface area (Å²) in [6.45, 7) is 4.07. The van der Waals surface area contributed by atoms with E-state index in [-0.39, 0.29) is 5.91 Å². The van der Waals surface area contributed by atoms with E-state index in [0.717, 1.165) is 11.4 Å². The topological polar surface area (TPSA) is 51.2 Å². The summed E-state index contributed by atoms with van der Waals surface area (Å²) in [5, 5.41) is 2.75. The number of nitrogens with zero attached hydrogens (tertiary/aromatic N) is 1. The number of rotatable bonds is 4. The number of aromatic nitrogens is 1. The normalized spacial score (nSPS) is 12.2. The van der Waals surface area contributed by atoms with Crippen molar-refractivity contribution in [3.05, 3.63) is 29.6 Å². The molecule has 0 aliphatic heterocycles. The van der Waals surface area contributed by atoms with Crippen molar-refractivity contribution in [1.82, 2.24) is 10.3 Å². The van der Waals surface area contributed by atoms with Crippen LogP contribution in [0.4, 0.5) is 0 Å². The van der Waals surface area contributed by atoms with Gasteiger partial charge in [0, 0.05) is 12.8 Å². The Kier molecular flexibility index (Phi) is 4.24. The van der Waals surface area contributed by atoms with E-state index in [1.165, 1.54) is 7.11 Å². The summed E-state index contributed by atoms with van der Waals surface area (Å²) in [6.07, 6.45) is -0.421. The van der Waals surface area contributed by atoms with Crippen LogP contribution in [0.5, 0.6) is 0 Å². The van der Waals surface area contributed by atoms with Gasteiger partial charge in [-0.2, -0.15) is 0 Å². The number of carbonyl (C=O) groups excluding carboxylic acids is 1. The average Bonchev–Trinajstić information content (AvgIpc) is 2.25. The molecule has 15 heavy (non-hydrogen) atoms. The van der Waals surface area contributed by atoms with E-state index in [1.807, 2.05) is 25.1 Å². The number of nitrogens with one attached hydrogen (secondary N) is 1. The molecule has 0 fully saturated rings. The van der Waals surface area contributed by atoms with Crippen LogP contribution in [0, 0.1) is 6.92 Å². The maximum atomic E-state index is 11.4. The Bertz CT molecular complexity index is 339. The lowest BCUT2D eigenvalue weighted by molar-refractivity contribution is -0.130. The Morgan fingerprint density at radius 2 is 2.33 bits per heavy atom. The molecule has 1 unspecified atom stereocenters. The van der Waals surface area contributed by atoms with Crippen molar-refractivity contribution in [2.45, 2.75) is 26.5 Å². The molecule has 82 valence electrons. The van der Waals surface area contributed by atoms with Crippen molar-refractivity contribution < 1.29 is 9.53 Å². The SMILES string of the molecule is COC(C)C(=O)NCc1cccc(C)n1. The van der Waals surface area contributed by atoms with Crippen LogP contribution < -0.4 is 5.32 Å². The fourth-order valence-electron chi connectivity index (χ4n) is 1.13. The van der Waals surface area contributed by atoms with Gasteiger partial charge in [0.1, 0.15) is 6.10 Å². The third kappa shape index (κ3) is 3.67. The first-order chi connectivity index (χ1) is 7.13. The lowest BCUT2D eigenvalue weighted by Gasteiger charge is -2.10. The van der Waals surface area contributed by atoms with Crippen molar-refractivity contribution in [3.8, 4) is 0 Å². The van der Waals surface area contributed by atoms with Crippen molar-refractivity contribution in [2.75, 3.05) is 7.11 Å². The number of pyridine rings is 1. The van der Waals surface area contributed by atoms with E-state index < -0.39 is 6.10 Å². The highest BCUT2D eigenvalue weighted by atomic mass is 16.5. The lowest BCUT2D eigenvalue weighted by atomic mass is 10.3. The molecule has 1 heterocycles. The Labute approximate surface area is 89.7 Å². The molecule has 0 saturated heterocycles. The third-order valence-corrected chi connectivity index (χ3v) is 2.11. The van der Waals surface area contributed by atoms with Gasteiger partial charge in [0.05, 0.1) is 12.2 Å². The number of hydrogen-bond donors (Lipinski definition) is 1. The van der Waals surface area contributed by atoms with Crippen LogP contribution >= 0.6 is 0 Å². The largest absolute Gasteiger partial charge is 0.372 e. The summed E-state index contributed by atoms with van der Waals surface area (Å²) in [5.74, 6) is -0.124. The van der Waals surface area contributed by atoms with Gasteiger partial charge in [0.25, 0.3) is 0 Å². The summed E-state index contributed by atoms with van der Waals surface area (Å²) < 4.78 is 4.89. The molecule has 0 spiro atoms. The van der Waals surface area contributed by atoms with Crippen LogP contribution in [0.25, 0.3) is 0 Å². The van der Waals surface area contributed by atoms with Crippen LogP contribution in [-0.2, 0) is 16.1 Å². The molecule has 1 amide bonds. The standard InChI is InChI=1S/C11H16N2O2/c1-8-5-4-6-10(13-8)7-12-11(14)9(2)15-3/h4-6,9H,7H2,1-3H3,(H,12,14). The second-order valence-corrected chi connectivity index (χ2v) is 3.37. The predicted octanol–water partition coefficient (Wildman–Crippen LogP) is 1.04. The number of amides is 1. The van der Waals surface area contributed by atoms with Gasteiger partial charge in [0.15, 0.2) is 0 Å². The highest BCUT2D eigenvalue weighted by Crippen LogP contribution is 1.98. The first-order valence-corrected chi connectivity index (χ1v) is 4.86. The minimum atomic E-state index is -0.421. The molecular weight excluding hydrogens is 192 g/mol. The van der Waals surface area contributed by atoms with Gasteiger partial charge in [-0.05, 0) is 26.0 Å². The molecule has 0 saturated carbocycles. The monoisotopic (exact) mass is 208 g/mol. The van der Waals surface area contributed by atoms with Gasteiger partial charge in [-0.3, -0.25) is 9.78 Å². The molecule has 0 bridgehead atoms. The summed E-state index contributed by atoms with van der Waals surface area (Å²) in [6, 6.07) is 5.72. The molecular formula is C11H16N2O2. The van der Waals surface area contributed by atoms with Crippen molar-refractivity contribution in [1.29, 1.82) is 0 Å². The maximum Gasteiger partial charge on any atom is 0.249 e. The first-order valence-electron chi connectivity index (χ1n) is 4.86. The van der Waals surface area contributed by atoms with Gasteiger partial charge >= 0.3 is 0 Å². The van der Waals surface area contributed by atoms with Gasteiger partial charge in [-0.15, -0.1) is 0 Å². The quantitative estimate of drug-likeness (QED) is 0.804. The van der Waals surface area contributed by atoms with Crippen molar-refractivity contribution >= 4 is 5.91 Å². The second-order valence-electron chi connectivity index (χ2n) is 3.37. The molecule has 4 heteroatoms. The number of ether oxygens (including phenoxy) is 1. The van der Waals surface area contributed by atoms with Crippen molar-refractivity contribution in [3.63, 3.8) is 0 Å². The lowest BCUT2D eigenvalue weighted by Crippen LogP contribution is -2.33. The summed E-state index contributed by atoms with van der Waals surface area (Å²) in [5.41, 5.74) is 1.80. The number of aryl methyl sites for hydroxylation is 1. The van der Waals surface area contributed by atoms with E-state index in [1.54, 1.807) is 6.92 Å². The van der Waals surface area contributed by atoms with Crippen LogP contribution in [0.3, 0.4) is 0 Å². The Morgan fingerprint density at radius 1 is 1.60 bits per heavy atom. The molecule has 0 aliphatic carbocycles. The molecule has 0 aromatic carbocycles. The summed E-state index contributed by atoms with van der Waals surface area (Å²) in [4.78, 5) is 15.6. The highest BCUT2D eigenvalue weighted by molar-refractivity contribution is 5.80. The fourth-order valence-corrected chi connectivity index (χ4v) is 1.13. The Morgan fingerprint density at radius 3 is 2.93 bits per heavy atom. The molecule has 1 aromatic heterocycles. The second kappa shape index (κ2) is 5.46. The molecule has 1 aromatic rings. The zero-order valence-corrected chi connectivity index (χ0v) is 9.28. The van der Waals surface area contributed by atoms with Gasteiger partial charge < -0.3 is 10.1 Å². The van der Waals surface area contributed by atoms with E-state index in [0.29, 0.717) is 6.54 Å². The Balaban J connectivity index is 2.47. The van der Waals surface area contributed by atoms with Crippen LogP contribution in [-0.4, -0.2) is 24.1 Å². The van der Waals surface area contributed by atoms with Crippen LogP contribution in [0.15, 0.2) is 18.2 Å². The molecule has 1 atom stereocenters. The minimum absolute atomic E-state index is 0.124. The fraction of sp³-hybridized carbons (Fsp3) is 0.455. The number of methoxy groups -OCH3 is 1. The van der Waals surface area contributed by atoms with Crippen LogP contribution in [0.2, 0.25) is 0 Å². The van der Waals surface area contributed by atoms with E-state index >= 15 is 0 Å². The van der Waals surface area contributed by atoms with Crippen LogP contribution in [0.1, 0.15) is 18.3 Å². The van der Waals surface area contributed by atoms with Crippen molar-refractivity contribution in [2.24, 2.45) is 0 Å². The zero-order valence-electron chi connectivity index (χ0n) is 9.28. The number of hydrogen-bond acceptors (Lipinski definition) is 3. The van der Waals surface area contributed by atoms with Gasteiger partial charge in [-0.25, -0.2) is 0 Å². The average molecular weight is 208 g/mol. The predicted molar refractivity (Wildman–Crippen MR) is 57.3 cm³/mol. The Hall–Kier alpha value is -1.42. The summed E-state index contributed by atoms with van der Waals surface area (Å²) >= 11 is 0. The minimum Gasteiger partial charge on any atom is -0.372 e. The number of carbonyl (C=O) groups is 1. The summed E-state index contributed by atoms with van der Waals surface area (Å²) in [7, 11) is 1.51. The smallest absolute Gasteiger partial charge is 0.249 e. The first kappa shape index (κ1) is 11.7. The highest BCUT2D eigenvalue weighted by Gasteiger charge is 2.10. The molecule has 1 N–H and O–H groups in total. The van der Waals surface area contributed by atoms with E-state index in [2.05, 4.69) is 10.3 Å². The zero-order chi connectivity index (χ0) is 11.3.